The highest BCUT2D eigenvalue weighted by Crippen LogP contribution is 2.29. The molecular weight excluding hydrogens is 238 g/mol. The molecular formula is C9H7N7S. The monoisotopic (exact) mass is 245 g/mol. The van der Waals surface area contributed by atoms with E-state index in [1.165, 1.54) is 18.1 Å². The van der Waals surface area contributed by atoms with Crippen molar-refractivity contribution in [2.45, 2.75) is 10.1 Å². The number of nitrogens with zero attached hydrogens (tertiary/aromatic N) is 5. The third-order valence-electron chi connectivity index (χ3n) is 2.05. The lowest BCUT2D eigenvalue weighted by Crippen LogP contribution is -1.96. The summed E-state index contributed by atoms with van der Waals surface area (Å²) in [6.45, 7) is 0. The molecule has 0 aromatic carbocycles. The average molecular weight is 245 g/mol. The van der Waals surface area contributed by atoms with E-state index in [4.69, 9.17) is 5.73 Å². The molecule has 0 radical (unpaired) electrons. The lowest BCUT2D eigenvalue weighted by atomic mass is 10.4. The van der Waals surface area contributed by atoms with Crippen molar-refractivity contribution in [2.24, 2.45) is 0 Å². The second-order valence-corrected chi connectivity index (χ2v) is 4.18. The Balaban J connectivity index is 2.08. The van der Waals surface area contributed by atoms with E-state index >= 15 is 0 Å². The van der Waals surface area contributed by atoms with Gasteiger partial charge in [0, 0.05) is 6.20 Å². The summed E-state index contributed by atoms with van der Waals surface area (Å²) in [6.07, 6.45) is 4.82. The molecule has 7 nitrogen and oxygen atoms in total. The summed E-state index contributed by atoms with van der Waals surface area (Å²) in [5.41, 5.74) is 6.24. The summed E-state index contributed by atoms with van der Waals surface area (Å²) < 4.78 is 0. The van der Waals surface area contributed by atoms with Crippen molar-refractivity contribution in [3.05, 3.63) is 24.8 Å². The van der Waals surface area contributed by atoms with Crippen LogP contribution < -0.4 is 5.73 Å². The van der Waals surface area contributed by atoms with Gasteiger partial charge in [0.05, 0.1) is 11.6 Å². The Hall–Kier alpha value is -2.22. The predicted molar refractivity (Wildman–Crippen MR) is 62.3 cm³/mol. The molecule has 84 valence electrons. The minimum absolute atomic E-state index is 0.207. The van der Waals surface area contributed by atoms with Gasteiger partial charge in [0.25, 0.3) is 0 Å². The molecule has 8 heteroatoms. The maximum Gasteiger partial charge on any atom is 0.223 e. The highest BCUT2D eigenvalue weighted by molar-refractivity contribution is 7.99. The Kier molecular flexibility index (Phi) is 2.33. The van der Waals surface area contributed by atoms with Crippen LogP contribution >= 0.6 is 11.8 Å². The summed E-state index contributed by atoms with van der Waals surface area (Å²) in [5, 5.41) is 9.01. The molecule has 0 aliphatic carbocycles. The predicted octanol–water partition coefficient (Wildman–Crippen LogP) is 0.876. The Bertz CT molecular complexity index is 651. The van der Waals surface area contributed by atoms with Gasteiger partial charge >= 0.3 is 0 Å². The van der Waals surface area contributed by atoms with Gasteiger partial charge in [-0.25, -0.2) is 15.0 Å². The fourth-order valence-corrected chi connectivity index (χ4v) is 2.17. The van der Waals surface area contributed by atoms with Crippen LogP contribution in [0.5, 0.6) is 0 Å². The van der Waals surface area contributed by atoms with Gasteiger partial charge in [0.15, 0.2) is 5.65 Å². The van der Waals surface area contributed by atoms with Crippen LogP contribution in [0.1, 0.15) is 0 Å². The molecule has 0 atom stereocenters. The van der Waals surface area contributed by atoms with E-state index in [0.29, 0.717) is 5.65 Å². The number of nitrogen functional groups attached to an aromatic ring is 1. The summed E-state index contributed by atoms with van der Waals surface area (Å²) >= 11 is 1.39. The number of aromatic amines is 1. The molecule has 0 saturated heterocycles. The Morgan fingerprint density at radius 1 is 1.29 bits per heavy atom. The number of fused-ring (bicyclic) bond motifs is 1. The third kappa shape index (κ3) is 1.89. The lowest BCUT2D eigenvalue weighted by molar-refractivity contribution is 1.04. The van der Waals surface area contributed by atoms with Crippen molar-refractivity contribution in [1.29, 1.82) is 0 Å². The lowest BCUT2D eigenvalue weighted by Gasteiger charge is -2.01. The van der Waals surface area contributed by atoms with Crippen LogP contribution in [-0.2, 0) is 0 Å². The molecule has 0 unspecified atom stereocenters. The van der Waals surface area contributed by atoms with Gasteiger partial charge < -0.3 is 5.73 Å². The molecule has 0 fully saturated rings. The van der Waals surface area contributed by atoms with Gasteiger partial charge in [0.2, 0.25) is 5.95 Å². The normalized spacial score (nSPS) is 10.8. The Morgan fingerprint density at radius 2 is 2.24 bits per heavy atom. The maximum absolute atomic E-state index is 5.62. The zero-order valence-electron chi connectivity index (χ0n) is 8.53. The topological polar surface area (TPSA) is 106 Å². The minimum Gasteiger partial charge on any atom is -0.368 e. The molecule has 3 aromatic rings. The van der Waals surface area contributed by atoms with Crippen molar-refractivity contribution in [3.63, 3.8) is 0 Å². The van der Waals surface area contributed by atoms with Crippen LogP contribution in [-0.4, -0.2) is 30.1 Å². The molecule has 0 aliphatic rings. The number of nitrogens with two attached hydrogens (primary N) is 1. The number of anilines is 1. The standard InChI is InChI=1S/C9H7N7S/c10-9-14-7-5(3-13-16-7)8(15-9)17-6-1-2-11-4-12-6/h1-4H,(H3,10,13,14,15,16). The van der Waals surface area contributed by atoms with Gasteiger partial charge in [0.1, 0.15) is 16.4 Å². The van der Waals surface area contributed by atoms with Crippen molar-refractivity contribution < 1.29 is 0 Å². The van der Waals surface area contributed by atoms with E-state index in [1.54, 1.807) is 18.5 Å². The molecule has 0 aliphatic heterocycles. The number of H-pyrrole nitrogens is 1. The molecule has 3 aromatic heterocycles. The smallest absolute Gasteiger partial charge is 0.223 e. The van der Waals surface area contributed by atoms with Crippen molar-refractivity contribution in [1.82, 2.24) is 30.1 Å². The maximum atomic E-state index is 5.62. The van der Waals surface area contributed by atoms with Crippen LogP contribution in [0, 0.1) is 0 Å². The van der Waals surface area contributed by atoms with Crippen molar-refractivity contribution >= 4 is 28.7 Å². The molecule has 0 amide bonds. The highest BCUT2D eigenvalue weighted by atomic mass is 32.2. The fourth-order valence-electron chi connectivity index (χ4n) is 1.34. The Labute approximate surface area is 99.9 Å². The van der Waals surface area contributed by atoms with Crippen LogP contribution in [0.25, 0.3) is 11.0 Å². The van der Waals surface area contributed by atoms with E-state index in [1.807, 2.05) is 0 Å². The van der Waals surface area contributed by atoms with Crippen molar-refractivity contribution in [3.8, 4) is 0 Å². The third-order valence-corrected chi connectivity index (χ3v) is 3.00. The highest BCUT2D eigenvalue weighted by Gasteiger charge is 2.09. The first kappa shape index (κ1) is 9.97. The minimum atomic E-state index is 0.207. The molecule has 3 heterocycles. The number of hydrogen-bond donors (Lipinski definition) is 2. The van der Waals surface area contributed by atoms with Crippen molar-refractivity contribution in [2.75, 3.05) is 5.73 Å². The first-order chi connectivity index (χ1) is 8.33. The largest absolute Gasteiger partial charge is 0.368 e. The number of rotatable bonds is 2. The fraction of sp³-hybridized carbons (Fsp3) is 0. The number of aromatic nitrogens is 6. The van der Waals surface area contributed by atoms with Gasteiger partial charge in [-0.05, 0) is 17.8 Å². The van der Waals surface area contributed by atoms with E-state index in [2.05, 4.69) is 30.1 Å². The first-order valence-corrected chi connectivity index (χ1v) is 5.55. The molecule has 17 heavy (non-hydrogen) atoms. The van der Waals surface area contributed by atoms with Crippen LogP contribution in [0.2, 0.25) is 0 Å². The molecule has 3 rings (SSSR count). The van der Waals surface area contributed by atoms with E-state index in [0.717, 1.165) is 15.4 Å². The second-order valence-electron chi connectivity index (χ2n) is 3.17. The summed E-state index contributed by atoms with van der Waals surface area (Å²) in [5.74, 6) is 0.207. The summed E-state index contributed by atoms with van der Waals surface area (Å²) in [6, 6.07) is 1.80. The zero-order valence-corrected chi connectivity index (χ0v) is 9.35. The molecule has 0 saturated carbocycles. The number of hydrogen-bond acceptors (Lipinski definition) is 7. The van der Waals surface area contributed by atoms with Crippen LogP contribution in [0.15, 0.2) is 34.8 Å². The molecule has 3 N–H and O–H groups in total. The second kappa shape index (κ2) is 3.98. The summed E-state index contributed by atoms with van der Waals surface area (Å²) in [7, 11) is 0. The SMILES string of the molecule is Nc1nc(Sc2ccncn2)c2cn[nH]c2n1. The summed E-state index contributed by atoms with van der Waals surface area (Å²) in [4.78, 5) is 16.2. The Morgan fingerprint density at radius 3 is 3.06 bits per heavy atom. The zero-order chi connectivity index (χ0) is 11.7. The van der Waals surface area contributed by atoms with Crippen LogP contribution in [0.3, 0.4) is 0 Å². The van der Waals surface area contributed by atoms with Crippen LogP contribution in [0.4, 0.5) is 5.95 Å². The average Bonchev–Trinajstić information content (AvgIpc) is 2.78. The van der Waals surface area contributed by atoms with E-state index < -0.39 is 0 Å². The first-order valence-electron chi connectivity index (χ1n) is 4.73. The van der Waals surface area contributed by atoms with Gasteiger partial charge in [-0.15, -0.1) is 0 Å². The van der Waals surface area contributed by atoms with Gasteiger partial charge in [-0.2, -0.15) is 10.1 Å². The number of nitrogens with one attached hydrogen (secondary N) is 1. The van der Waals surface area contributed by atoms with Gasteiger partial charge in [-0.3, -0.25) is 5.10 Å². The van der Waals surface area contributed by atoms with Gasteiger partial charge in [-0.1, -0.05) is 0 Å². The van der Waals surface area contributed by atoms with E-state index in [9.17, 15) is 0 Å². The molecule has 0 bridgehead atoms. The molecule has 0 spiro atoms. The quantitative estimate of drug-likeness (QED) is 0.645. The van der Waals surface area contributed by atoms with E-state index in [-0.39, 0.29) is 5.95 Å².